The minimum absolute atomic E-state index is 0.0589. The molecule has 3 rings (SSSR count). The molecule has 1 amide bonds. The zero-order chi connectivity index (χ0) is 20.3. The van der Waals surface area contributed by atoms with E-state index in [0.29, 0.717) is 32.1 Å². The van der Waals surface area contributed by atoms with Gasteiger partial charge in [-0.15, -0.1) is 0 Å². The Balaban J connectivity index is 1.55. The molecule has 0 spiro atoms. The molecule has 3 atom stereocenters. The van der Waals surface area contributed by atoms with Crippen molar-refractivity contribution in [1.82, 2.24) is 9.62 Å². The van der Waals surface area contributed by atoms with Crippen molar-refractivity contribution in [3.05, 3.63) is 30.1 Å². The minimum atomic E-state index is -3.63. The standard InChI is InChI=1S/C20H30FN3O3S/c1-15-5-3-4-6-19(15)22-20(25)16(2)23-11-13-24(14-12-23)28(26,27)18-9-7-17(21)8-10-18/h7-10,15-16,19H,3-6,11-14H2,1-2H3,(H,22,25)/p+1/t15-,16+,19-/m0/s1. The van der Waals surface area contributed by atoms with Crippen LogP contribution in [0.2, 0.25) is 0 Å². The Morgan fingerprint density at radius 1 is 1.18 bits per heavy atom. The SMILES string of the molecule is C[C@H](C(=O)N[C@H]1CCCC[C@@H]1C)[NH+]1CCN(S(=O)(=O)c2ccc(F)cc2)CC1. The molecule has 1 aromatic rings. The van der Waals surface area contributed by atoms with Gasteiger partial charge in [0.05, 0.1) is 31.1 Å². The van der Waals surface area contributed by atoms with Crippen LogP contribution in [0.3, 0.4) is 0 Å². The number of hydrogen-bond donors (Lipinski definition) is 2. The molecule has 1 aliphatic heterocycles. The lowest BCUT2D eigenvalue weighted by atomic mass is 9.86. The van der Waals surface area contributed by atoms with Gasteiger partial charge in [0.15, 0.2) is 6.04 Å². The number of nitrogens with one attached hydrogen (secondary N) is 2. The average molecular weight is 413 g/mol. The fourth-order valence-electron chi connectivity index (χ4n) is 4.23. The van der Waals surface area contributed by atoms with Crippen LogP contribution in [0, 0.1) is 11.7 Å². The number of nitrogens with zero attached hydrogens (tertiary/aromatic N) is 1. The van der Waals surface area contributed by atoms with Gasteiger partial charge >= 0.3 is 0 Å². The Morgan fingerprint density at radius 3 is 2.39 bits per heavy atom. The zero-order valence-corrected chi connectivity index (χ0v) is 17.5. The van der Waals surface area contributed by atoms with E-state index in [4.69, 9.17) is 0 Å². The van der Waals surface area contributed by atoms with Crippen LogP contribution in [0.25, 0.3) is 0 Å². The first-order valence-corrected chi connectivity index (χ1v) is 11.6. The van der Waals surface area contributed by atoms with Gasteiger partial charge in [-0.3, -0.25) is 4.79 Å². The summed E-state index contributed by atoms with van der Waals surface area (Å²) in [6.45, 7) is 5.98. The van der Waals surface area contributed by atoms with Crippen molar-refractivity contribution in [3.8, 4) is 0 Å². The van der Waals surface area contributed by atoms with Crippen molar-refractivity contribution < 1.29 is 22.5 Å². The van der Waals surface area contributed by atoms with Gasteiger partial charge in [-0.2, -0.15) is 4.31 Å². The highest BCUT2D eigenvalue weighted by Crippen LogP contribution is 2.23. The van der Waals surface area contributed by atoms with Crippen molar-refractivity contribution >= 4 is 15.9 Å². The third-order valence-corrected chi connectivity index (χ3v) is 8.17. The molecule has 8 heteroatoms. The zero-order valence-electron chi connectivity index (χ0n) is 16.7. The van der Waals surface area contributed by atoms with Crippen molar-refractivity contribution in [2.45, 2.75) is 56.5 Å². The summed E-state index contributed by atoms with van der Waals surface area (Å²) < 4.78 is 39.9. The average Bonchev–Trinajstić information content (AvgIpc) is 2.69. The van der Waals surface area contributed by atoms with Gasteiger partial charge in [0, 0.05) is 6.04 Å². The second-order valence-corrected chi connectivity index (χ2v) is 10.1. The number of sulfonamides is 1. The smallest absolute Gasteiger partial charge is 0.278 e. The van der Waals surface area contributed by atoms with E-state index < -0.39 is 15.8 Å². The number of hydrogen-bond acceptors (Lipinski definition) is 3. The summed E-state index contributed by atoms with van der Waals surface area (Å²) in [5, 5.41) is 3.21. The molecular weight excluding hydrogens is 381 g/mol. The summed E-state index contributed by atoms with van der Waals surface area (Å²) in [6.07, 6.45) is 4.60. The summed E-state index contributed by atoms with van der Waals surface area (Å²) in [6, 6.07) is 4.96. The highest BCUT2D eigenvalue weighted by Gasteiger charge is 2.35. The maximum Gasteiger partial charge on any atom is 0.278 e. The number of piperazine rings is 1. The molecule has 2 fully saturated rings. The van der Waals surface area contributed by atoms with Crippen LogP contribution in [0.15, 0.2) is 29.2 Å². The normalized spacial score (nSPS) is 26.0. The molecule has 1 aliphatic carbocycles. The lowest BCUT2D eigenvalue weighted by Gasteiger charge is -2.35. The number of amides is 1. The van der Waals surface area contributed by atoms with Crippen molar-refractivity contribution in [2.75, 3.05) is 26.2 Å². The minimum Gasteiger partial charge on any atom is -0.348 e. The van der Waals surface area contributed by atoms with Crippen molar-refractivity contribution in [2.24, 2.45) is 5.92 Å². The molecule has 2 N–H and O–H groups in total. The lowest BCUT2D eigenvalue weighted by molar-refractivity contribution is -0.917. The number of carbonyl (C=O) groups excluding carboxylic acids is 1. The summed E-state index contributed by atoms with van der Waals surface area (Å²) in [5.74, 6) is 0.113. The van der Waals surface area contributed by atoms with Crippen molar-refractivity contribution in [1.29, 1.82) is 0 Å². The van der Waals surface area contributed by atoms with E-state index in [1.54, 1.807) is 0 Å². The van der Waals surface area contributed by atoms with Gasteiger partial charge in [-0.05, 0) is 49.9 Å². The van der Waals surface area contributed by atoms with E-state index in [-0.39, 0.29) is 22.9 Å². The van der Waals surface area contributed by atoms with E-state index in [1.165, 1.54) is 22.9 Å². The highest BCUT2D eigenvalue weighted by atomic mass is 32.2. The number of benzene rings is 1. The molecule has 0 radical (unpaired) electrons. The van der Waals surface area contributed by atoms with Crippen LogP contribution >= 0.6 is 0 Å². The van der Waals surface area contributed by atoms with Gasteiger partial charge in [-0.25, -0.2) is 12.8 Å². The van der Waals surface area contributed by atoms with Gasteiger partial charge in [0.2, 0.25) is 10.0 Å². The molecular formula is C20H31FN3O3S+. The van der Waals surface area contributed by atoms with Crippen molar-refractivity contribution in [3.63, 3.8) is 0 Å². The predicted octanol–water partition coefficient (Wildman–Crippen LogP) is 0.798. The molecule has 0 unspecified atom stereocenters. The molecule has 0 aromatic heterocycles. The molecule has 1 saturated heterocycles. The topological polar surface area (TPSA) is 70.9 Å². The maximum atomic E-state index is 13.1. The second kappa shape index (κ2) is 8.88. The number of rotatable bonds is 5. The number of halogens is 1. The quantitative estimate of drug-likeness (QED) is 0.752. The van der Waals surface area contributed by atoms with E-state index in [0.717, 1.165) is 36.3 Å². The second-order valence-electron chi connectivity index (χ2n) is 8.11. The predicted molar refractivity (Wildman–Crippen MR) is 105 cm³/mol. The Bertz CT molecular complexity index is 776. The number of carbonyl (C=O) groups is 1. The Labute approximate surface area is 167 Å². The van der Waals surface area contributed by atoms with Crippen LogP contribution in [-0.2, 0) is 14.8 Å². The Morgan fingerprint density at radius 2 is 1.79 bits per heavy atom. The number of quaternary nitrogens is 1. The van der Waals surface area contributed by atoms with Crippen LogP contribution in [-0.4, -0.2) is 56.9 Å². The molecule has 0 bridgehead atoms. The van der Waals surface area contributed by atoms with Gasteiger partial charge in [0.25, 0.3) is 5.91 Å². The van der Waals surface area contributed by atoms with Crippen LogP contribution in [0.1, 0.15) is 39.5 Å². The largest absolute Gasteiger partial charge is 0.348 e. The van der Waals surface area contributed by atoms with Crippen LogP contribution in [0.5, 0.6) is 0 Å². The first-order chi connectivity index (χ1) is 13.3. The Hall–Kier alpha value is -1.51. The molecule has 2 aliphatic rings. The summed E-state index contributed by atoms with van der Waals surface area (Å²) in [5.41, 5.74) is 0. The monoisotopic (exact) mass is 412 g/mol. The van der Waals surface area contributed by atoms with Gasteiger partial charge < -0.3 is 10.2 Å². The summed E-state index contributed by atoms with van der Waals surface area (Å²) >= 11 is 0. The summed E-state index contributed by atoms with van der Waals surface area (Å²) in [7, 11) is -3.63. The molecule has 1 aromatic carbocycles. The maximum absolute atomic E-state index is 13.1. The third kappa shape index (κ3) is 4.72. The van der Waals surface area contributed by atoms with E-state index >= 15 is 0 Å². The molecule has 156 valence electrons. The van der Waals surface area contributed by atoms with Gasteiger partial charge in [0.1, 0.15) is 5.82 Å². The first kappa shape index (κ1) is 21.2. The lowest BCUT2D eigenvalue weighted by Crippen LogP contribution is -3.19. The van der Waals surface area contributed by atoms with Crippen LogP contribution < -0.4 is 10.2 Å². The molecule has 6 nitrogen and oxygen atoms in total. The highest BCUT2D eigenvalue weighted by molar-refractivity contribution is 7.89. The van der Waals surface area contributed by atoms with E-state index in [9.17, 15) is 17.6 Å². The fraction of sp³-hybridized carbons (Fsp3) is 0.650. The first-order valence-electron chi connectivity index (χ1n) is 10.2. The fourth-order valence-corrected chi connectivity index (χ4v) is 5.67. The van der Waals surface area contributed by atoms with E-state index in [1.807, 2.05) is 6.92 Å². The molecule has 28 heavy (non-hydrogen) atoms. The Kier molecular flexibility index (Phi) is 6.73. The van der Waals surface area contributed by atoms with E-state index in [2.05, 4.69) is 12.2 Å². The summed E-state index contributed by atoms with van der Waals surface area (Å²) in [4.78, 5) is 13.9. The molecule has 1 saturated carbocycles. The van der Waals surface area contributed by atoms with Gasteiger partial charge in [-0.1, -0.05) is 19.8 Å². The molecule has 1 heterocycles. The third-order valence-electron chi connectivity index (χ3n) is 6.26. The van der Waals surface area contributed by atoms with Crippen LogP contribution in [0.4, 0.5) is 4.39 Å².